The lowest BCUT2D eigenvalue weighted by atomic mass is 10.1. The van der Waals surface area contributed by atoms with Gasteiger partial charge in [0.2, 0.25) is 0 Å². The minimum Gasteiger partial charge on any atom is -0.394 e. The fraction of sp³-hybridized carbons (Fsp3) is 0.182. The van der Waals surface area contributed by atoms with Crippen LogP contribution >= 0.6 is 11.3 Å². The maximum atomic E-state index is 13.5. The summed E-state index contributed by atoms with van der Waals surface area (Å²) in [4.78, 5) is 13.7. The van der Waals surface area contributed by atoms with E-state index in [2.05, 4.69) is 10.2 Å². The van der Waals surface area contributed by atoms with Gasteiger partial charge in [-0.3, -0.25) is 0 Å². The molecule has 10 heteroatoms. The van der Waals surface area contributed by atoms with Gasteiger partial charge in [-0.1, -0.05) is 0 Å². The van der Waals surface area contributed by atoms with Crippen molar-refractivity contribution in [2.24, 2.45) is 5.18 Å². The molecule has 5 nitrogen and oxygen atoms in total. The number of rotatable bonds is 3. The van der Waals surface area contributed by atoms with E-state index in [0.29, 0.717) is 11.3 Å². The van der Waals surface area contributed by atoms with E-state index in [4.69, 9.17) is 10.8 Å². The zero-order valence-electron chi connectivity index (χ0n) is 10.1. The van der Waals surface area contributed by atoms with E-state index in [1.807, 2.05) is 0 Å². The standard InChI is InChI=1S/C11H7F4N3O2S/c12-5-1-4(2-6(18-20)8(5)16)10-17-3-7(21-10)9(19)11(13,14)15/h1-3,9,19H,16H2. The lowest BCUT2D eigenvalue weighted by Gasteiger charge is -2.11. The highest BCUT2D eigenvalue weighted by molar-refractivity contribution is 7.15. The minimum atomic E-state index is -4.83. The normalized spacial score (nSPS) is 13.2. The van der Waals surface area contributed by atoms with Gasteiger partial charge in [-0.15, -0.1) is 16.2 Å². The van der Waals surface area contributed by atoms with Crippen molar-refractivity contribution in [3.8, 4) is 10.6 Å². The smallest absolute Gasteiger partial charge is 0.394 e. The van der Waals surface area contributed by atoms with Crippen LogP contribution in [-0.2, 0) is 0 Å². The van der Waals surface area contributed by atoms with Gasteiger partial charge in [0.25, 0.3) is 0 Å². The minimum absolute atomic E-state index is 0.00269. The molecule has 21 heavy (non-hydrogen) atoms. The number of thiazole rings is 1. The van der Waals surface area contributed by atoms with Crippen LogP contribution in [-0.4, -0.2) is 16.3 Å². The number of hydrogen-bond acceptors (Lipinski definition) is 6. The van der Waals surface area contributed by atoms with Gasteiger partial charge in [-0.2, -0.15) is 13.2 Å². The summed E-state index contributed by atoms with van der Waals surface area (Å²) in [6, 6.07) is 2.03. The Bertz CT molecular complexity index is 687. The van der Waals surface area contributed by atoms with E-state index in [1.54, 1.807) is 0 Å². The van der Waals surface area contributed by atoms with E-state index in [1.165, 1.54) is 0 Å². The molecule has 0 aliphatic rings. The van der Waals surface area contributed by atoms with Crippen LogP contribution in [0.4, 0.5) is 28.9 Å². The number of nitrogens with two attached hydrogens (primary N) is 1. The topological polar surface area (TPSA) is 88.6 Å². The van der Waals surface area contributed by atoms with Crippen LogP contribution < -0.4 is 5.73 Å². The Hall–Kier alpha value is -2.07. The summed E-state index contributed by atoms with van der Waals surface area (Å²) in [5, 5.41) is 11.6. The van der Waals surface area contributed by atoms with Crippen molar-refractivity contribution >= 4 is 22.7 Å². The third-order valence-corrected chi connectivity index (χ3v) is 3.65. The average molecular weight is 321 g/mol. The van der Waals surface area contributed by atoms with Gasteiger partial charge < -0.3 is 10.8 Å². The molecule has 1 unspecified atom stereocenters. The summed E-state index contributed by atoms with van der Waals surface area (Å²) in [5.74, 6) is -0.935. The molecule has 0 aliphatic carbocycles. The molecule has 0 spiro atoms. The van der Waals surface area contributed by atoms with Crippen molar-refractivity contribution in [3.05, 3.63) is 33.9 Å². The number of nitrogens with zero attached hydrogens (tertiary/aromatic N) is 2. The second-order valence-corrected chi connectivity index (χ2v) is 5.06. The van der Waals surface area contributed by atoms with E-state index < -0.39 is 28.7 Å². The number of aliphatic hydroxyl groups excluding tert-OH is 1. The molecule has 0 fully saturated rings. The first-order valence-electron chi connectivity index (χ1n) is 5.37. The van der Waals surface area contributed by atoms with Crippen LogP contribution in [0.15, 0.2) is 23.5 Å². The Kier molecular flexibility index (Phi) is 3.92. The fourth-order valence-electron chi connectivity index (χ4n) is 1.51. The predicted octanol–water partition coefficient (Wildman–Crippen LogP) is 3.53. The third-order valence-electron chi connectivity index (χ3n) is 2.56. The predicted molar refractivity (Wildman–Crippen MR) is 68.4 cm³/mol. The van der Waals surface area contributed by atoms with Gasteiger partial charge in [0.1, 0.15) is 16.5 Å². The molecule has 0 aliphatic heterocycles. The number of aliphatic hydroxyl groups is 1. The number of nitrogen functional groups attached to an aromatic ring is 1. The Morgan fingerprint density at radius 2 is 2.05 bits per heavy atom. The summed E-state index contributed by atoms with van der Waals surface area (Å²) in [6.07, 6.45) is -6.67. The maximum Gasteiger partial charge on any atom is 0.419 e. The molecule has 1 atom stereocenters. The van der Waals surface area contributed by atoms with Crippen molar-refractivity contribution in [1.29, 1.82) is 0 Å². The highest BCUT2D eigenvalue weighted by atomic mass is 32.1. The van der Waals surface area contributed by atoms with Crippen molar-refractivity contribution < 1.29 is 22.7 Å². The number of alkyl halides is 3. The van der Waals surface area contributed by atoms with E-state index >= 15 is 0 Å². The van der Waals surface area contributed by atoms with Gasteiger partial charge in [-0.25, -0.2) is 9.37 Å². The molecular weight excluding hydrogens is 314 g/mol. The average Bonchev–Trinajstić information content (AvgIpc) is 2.89. The Labute approximate surface area is 119 Å². The highest BCUT2D eigenvalue weighted by Crippen LogP contribution is 2.39. The van der Waals surface area contributed by atoms with Crippen molar-refractivity contribution in [2.45, 2.75) is 12.3 Å². The van der Waals surface area contributed by atoms with Crippen LogP contribution in [0.2, 0.25) is 0 Å². The van der Waals surface area contributed by atoms with Gasteiger partial charge >= 0.3 is 6.18 Å². The number of anilines is 1. The summed E-state index contributed by atoms with van der Waals surface area (Å²) in [7, 11) is 0. The summed E-state index contributed by atoms with van der Waals surface area (Å²) in [5.41, 5.74) is 4.49. The fourth-order valence-corrected chi connectivity index (χ4v) is 2.43. The van der Waals surface area contributed by atoms with E-state index in [-0.39, 0.29) is 16.3 Å². The number of aromatic nitrogens is 1. The van der Waals surface area contributed by atoms with Crippen LogP contribution in [0.5, 0.6) is 0 Å². The largest absolute Gasteiger partial charge is 0.419 e. The molecule has 0 bridgehead atoms. The second-order valence-electron chi connectivity index (χ2n) is 3.99. The Morgan fingerprint density at radius 3 is 2.62 bits per heavy atom. The number of halogens is 4. The first-order chi connectivity index (χ1) is 9.74. The molecule has 112 valence electrons. The first-order valence-corrected chi connectivity index (χ1v) is 6.19. The summed E-state index contributed by atoms with van der Waals surface area (Å²) in [6.45, 7) is 0. The molecule has 1 aromatic heterocycles. The Morgan fingerprint density at radius 1 is 1.38 bits per heavy atom. The van der Waals surface area contributed by atoms with Crippen LogP contribution in [0.1, 0.15) is 11.0 Å². The van der Waals surface area contributed by atoms with Gasteiger partial charge in [0, 0.05) is 11.8 Å². The van der Waals surface area contributed by atoms with Crippen molar-refractivity contribution in [2.75, 3.05) is 5.73 Å². The quantitative estimate of drug-likeness (QED) is 0.514. The van der Waals surface area contributed by atoms with Crippen LogP contribution in [0, 0.1) is 10.7 Å². The molecule has 0 saturated carbocycles. The molecular formula is C11H7F4N3O2S. The molecule has 2 aromatic rings. The molecule has 1 aromatic carbocycles. The van der Waals surface area contributed by atoms with Gasteiger partial charge in [-0.05, 0) is 17.3 Å². The van der Waals surface area contributed by atoms with Gasteiger partial charge in [0.15, 0.2) is 6.10 Å². The van der Waals surface area contributed by atoms with E-state index in [9.17, 15) is 22.5 Å². The van der Waals surface area contributed by atoms with Gasteiger partial charge in [0.05, 0.1) is 10.6 Å². The third kappa shape index (κ3) is 3.00. The number of benzene rings is 1. The lowest BCUT2D eigenvalue weighted by molar-refractivity contribution is -0.205. The molecule has 0 radical (unpaired) electrons. The molecule has 0 amide bonds. The van der Waals surface area contributed by atoms with Crippen molar-refractivity contribution in [3.63, 3.8) is 0 Å². The van der Waals surface area contributed by atoms with Crippen LogP contribution in [0.25, 0.3) is 10.6 Å². The Balaban J connectivity index is 2.43. The molecule has 0 saturated heterocycles. The highest BCUT2D eigenvalue weighted by Gasteiger charge is 2.40. The molecule has 3 N–H and O–H groups in total. The first kappa shape index (κ1) is 15.3. The monoisotopic (exact) mass is 321 g/mol. The van der Waals surface area contributed by atoms with Crippen molar-refractivity contribution in [1.82, 2.24) is 4.98 Å². The van der Waals surface area contributed by atoms with Crippen LogP contribution in [0.3, 0.4) is 0 Å². The lowest BCUT2D eigenvalue weighted by Crippen LogP contribution is -2.18. The number of hydrogen-bond donors (Lipinski definition) is 2. The summed E-state index contributed by atoms with van der Waals surface area (Å²) >= 11 is 0.522. The zero-order chi connectivity index (χ0) is 15.8. The zero-order valence-corrected chi connectivity index (χ0v) is 10.9. The molecule has 2 rings (SSSR count). The summed E-state index contributed by atoms with van der Waals surface area (Å²) < 4.78 is 50.6. The second kappa shape index (κ2) is 5.37. The number of nitroso groups, excluding NO2 is 1. The SMILES string of the molecule is Nc1c(F)cc(-c2ncc(C(O)C(F)(F)F)s2)cc1N=O. The van der Waals surface area contributed by atoms with E-state index in [0.717, 1.165) is 18.3 Å². The molecule has 1 heterocycles. The maximum absolute atomic E-state index is 13.5.